The van der Waals surface area contributed by atoms with Gasteiger partial charge in [0.05, 0.1) is 18.2 Å². The van der Waals surface area contributed by atoms with E-state index < -0.39 is 5.54 Å². The van der Waals surface area contributed by atoms with Crippen molar-refractivity contribution < 1.29 is 9.90 Å². The number of aliphatic hydroxyl groups is 1. The van der Waals surface area contributed by atoms with Gasteiger partial charge < -0.3 is 15.7 Å². The van der Waals surface area contributed by atoms with Crippen LogP contribution in [-0.4, -0.2) is 23.3 Å². The highest BCUT2D eigenvalue weighted by molar-refractivity contribution is 5.76. The Balaban J connectivity index is 1.83. The Morgan fingerprint density at radius 1 is 1.08 bits per heavy atom. The van der Waals surface area contributed by atoms with Crippen LogP contribution in [0.3, 0.4) is 0 Å². The lowest BCUT2D eigenvalue weighted by atomic mass is 9.95. The largest absolute Gasteiger partial charge is 0.394 e. The van der Waals surface area contributed by atoms with Gasteiger partial charge in [0.25, 0.3) is 0 Å². The minimum Gasteiger partial charge on any atom is -0.394 e. The van der Waals surface area contributed by atoms with Gasteiger partial charge in [-0.1, -0.05) is 67.4 Å². The van der Waals surface area contributed by atoms with Gasteiger partial charge in [-0.15, -0.1) is 0 Å². The molecule has 1 saturated carbocycles. The Bertz CT molecular complexity index is 709. The van der Waals surface area contributed by atoms with E-state index in [9.17, 15) is 9.90 Å². The molecule has 1 unspecified atom stereocenters. The zero-order chi connectivity index (χ0) is 17.7. The number of benzene rings is 2. The van der Waals surface area contributed by atoms with E-state index in [1.54, 1.807) is 0 Å². The van der Waals surface area contributed by atoms with Crippen molar-refractivity contribution in [3.63, 3.8) is 0 Å². The lowest BCUT2D eigenvalue weighted by Gasteiger charge is -2.30. The van der Waals surface area contributed by atoms with E-state index in [0.717, 1.165) is 42.4 Å². The fourth-order valence-electron chi connectivity index (χ4n) is 3.68. The summed E-state index contributed by atoms with van der Waals surface area (Å²) in [4.78, 5) is 12.7. The van der Waals surface area contributed by atoms with Crippen molar-refractivity contribution in [2.24, 2.45) is 0 Å². The lowest BCUT2D eigenvalue weighted by Crippen LogP contribution is -2.53. The lowest BCUT2D eigenvalue weighted by molar-refractivity contribution is 0.162. The van der Waals surface area contributed by atoms with Crippen LogP contribution >= 0.6 is 0 Å². The van der Waals surface area contributed by atoms with Gasteiger partial charge in [-0.25, -0.2) is 4.79 Å². The second-order valence-electron chi connectivity index (χ2n) is 6.94. The Morgan fingerprint density at radius 3 is 2.36 bits per heavy atom. The molecule has 1 aliphatic carbocycles. The van der Waals surface area contributed by atoms with Crippen molar-refractivity contribution in [3.05, 3.63) is 71.3 Å². The average molecular weight is 338 g/mol. The molecule has 0 heterocycles. The molecule has 2 aromatic rings. The first-order chi connectivity index (χ1) is 12.1. The molecule has 2 amide bonds. The zero-order valence-electron chi connectivity index (χ0n) is 14.7. The number of hydrogen-bond donors (Lipinski definition) is 3. The Kier molecular flexibility index (Phi) is 5.39. The molecule has 4 nitrogen and oxygen atoms in total. The number of carbonyl (C=O) groups is 1. The minimum absolute atomic E-state index is 0.0131. The SMILES string of the molecule is Cc1ccccc1C(NC(=O)NC1(CO)CCCC1)c1ccccc1. The van der Waals surface area contributed by atoms with Crippen LogP contribution in [0.25, 0.3) is 0 Å². The van der Waals surface area contributed by atoms with Crippen molar-refractivity contribution >= 4 is 6.03 Å². The fourth-order valence-corrected chi connectivity index (χ4v) is 3.68. The number of hydrogen-bond acceptors (Lipinski definition) is 2. The van der Waals surface area contributed by atoms with Crippen LogP contribution in [0.2, 0.25) is 0 Å². The van der Waals surface area contributed by atoms with E-state index in [1.165, 1.54) is 0 Å². The summed E-state index contributed by atoms with van der Waals surface area (Å²) in [6.45, 7) is 2.04. The van der Waals surface area contributed by atoms with Crippen LogP contribution in [-0.2, 0) is 0 Å². The second-order valence-corrected chi connectivity index (χ2v) is 6.94. The number of urea groups is 1. The summed E-state index contributed by atoms with van der Waals surface area (Å²) in [5, 5.41) is 15.9. The van der Waals surface area contributed by atoms with Gasteiger partial charge in [0, 0.05) is 0 Å². The van der Waals surface area contributed by atoms with E-state index in [-0.39, 0.29) is 18.7 Å². The van der Waals surface area contributed by atoms with E-state index in [2.05, 4.69) is 23.6 Å². The number of amides is 2. The van der Waals surface area contributed by atoms with Crippen LogP contribution < -0.4 is 10.6 Å². The van der Waals surface area contributed by atoms with Gasteiger partial charge >= 0.3 is 6.03 Å². The third-order valence-corrected chi connectivity index (χ3v) is 5.15. The molecule has 25 heavy (non-hydrogen) atoms. The predicted octanol–water partition coefficient (Wildman–Crippen LogP) is 3.69. The van der Waals surface area contributed by atoms with E-state index in [0.29, 0.717) is 0 Å². The molecule has 1 aliphatic rings. The highest BCUT2D eigenvalue weighted by atomic mass is 16.3. The van der Waals surface area contributed by atoms with E-state index in [4.69, 9.17) is 0 Å². The summed E-state index contributed by atoms with van der Waals surface area (Å²) in [7, 11) is 0. The maximum absolute atomic E-state index is 12.7. The smallest absolute Gasteiger partial charge is 0.316 e. The van der Waals surface area contributed by atoms with Gasteiger partial charge in [-0.2, -0.15) is 0 Å². The second kappa shape index (κ2) is 7.70. The van der Waals surface area contributed by atoms with Crippen LogP contribution in [0.15, 0.2) is 54.6 Å². The van der Waals surface area contributed by atoms with Crippen LogP contribution in [0, 0.1) is 6.92 Å². The monoisotopic (exact) mass is 338 g/mol. The highest BCUT2D eigenvalue weighted by Gasteiger charge is 2.35. The molecule has 0 aromatic heterocycles. The van der Waals surface area contributed by atoms with Crippen molar-refractivity contribution in [2.45, 2.75) is 44.2 Å². The summed E-state index contributed by atoms with van der Waals surface area (Å²) in [5.41, 5.74) is 2.77. The topological polar surface area (TPSA) is 61.4 Å². The Hall–Kier alpha value is -2.33. The first kappa shape index (κ1) is 17.5. The van der Waals surface area contributed by atoms with Gasteiger partial charge in [-0.05, 0) is 36.5 Å². The molecule has 1 atom stereocenters. The number of nitrogens with one attached hydrogen (secondary N) is 2. The highest BCUT2D eigenvalue weighted by Crippen LogP contribution is 2.30. The molecule has 3 N–H and O–H groups in total. The van der Waals surface area contributed by atoms with Crippen molar-refractivity contribution in [2.75, 3.05) is 6.61 Å². The predicted molar refractivity (Wildman–Crippen MR) is 99.4 cm³/mol. The standard InChI is InChI=1S/C21H26N2O2/c1-16-9-5-6-12-18(16)19(17-10-3-2-4-11-17)22-20(25)23-21(15-24)13-7-8-14-21/h2-6,9-12,19,24H,7-8,13-15H2,1H3,(H2,22,23,25). The molecule has 0 bridgehead atoms. The van der Waals surface area contributed by atoms with Gasteiger partial charge in [0.2, 0.25) is 0 Å². The number of aryl methyl sites for hydroxylation is 1. The zero-order valence-corrected chi connectivity index (χ0v) is 14.7. The quantitative estimate of drug-likeness (QED) is 0.779. The van der Waals surface area contributed by atoms with Gasteiger partial charge in [-0.3, -0.25) is 0 Å². The van der Waals surface area contributed by atoms with Crippen molar-refractivity contribution in [3.8, 4) is 0 Å². The van der Waals surface area contributed by atoms with E-state index in [1.807, 2.05) is 48.5 Å². The third-order valence-electron chi connectivity index (χ3n) is 5.15. The van der Waals surface area contributed by atoms with Crippen LogP contribution in [0.4, 0.5) is 4.79 Å². The minimum atomic E-state index is -0.475. The third kappa shape index (κ3) is 4.02. The van der Waals surface area contributed by atoms with Crippen molar-refractivity contribution in [1.82, 2.24) is 10.6 Å². The van der Waals surface area contributed by atoms with Crippen molar-refractivity contribution in [1.29, 1.82) is 0 Å². The summed E-state index contributed by atoms with van der Waals surface area (Å²) < 4.78 is 0. The number of rotatable bonds is 5. The molecular weight excluding hydrogens is 312 g/mol. The summed E-state index contributed by atoms with van der Waals surface area (Å²) in [5.74, 6) is 0. The molecule has 1 fully saturated rings. The fraction of sp³-hybridized carbons (Fsp3) is 0.381. The molecule has 132 valence electrons. The molecule has 2 aromatic carbocycles. The number of aliphatic hydroxyl groups excluding tert-OH is 1. The molecule has 4 heteroatoms. The summed E-state index contributed by atoms with van der Waals surface area (Å²) in [6, 6.07) is 17.6. The maximum Gasteiger partial charge on any atom is 0.316 e. The van der Waals surface area contributed by atoms with Gasteiger partial charge in [0.15, 0.2) is 0 Å². The Labute approximate surface area is 149 Å². The number of carbonyl (C=O) groups excluding carboxylic acids is 1. The molecule has 0 aliphatic heterocycles. The summed E-state index contributed by atoms with van der Waals surface area (Å²) >= 11 is 0. The van der Waals surface area contributed by atoms with E-state index >= 15 is 0 Å². The maximum atomic E-state index is 12.7. The van der Waals surface area contributed by atoms with Gasteiger partial charge in [0.1, 0.15) is 0 Å². The first-order valence-electron chi connectivity index (χ1n) is 8.94. The molecule has 3 rings (SSSR count). The summed E-state index contributed by atoms with van der Waals surface area (Å²) in [6.07, 6.45) is 3.75. The normalized spacial score (nSPS) is 17.0. The molecule has 0 spiro atoms. The first-order valence-corrected chi connectivity index (χ1v) is 8.94. The molecular formula is C21H26N2O2. The molecule has 0 saturated heterocycles. The van der Waals surface area contributed by atoms with Crippen LogP contribution in [0.1, 0.15) is 48.4 Å². The average Bonchev–Trinajstić information content (AvgIpc) is 3.10. The van der Waals surface area contributed by atoms with Crippen LogP contribution in [0.5, 0.6) is 0 Å². The Morgan fingerprint density at radius 2 is 1.72 bits per heavy atom. The molecule has 0 radical (unpaired) electrons.